The molecule has 1 saturated heterocycles. The Morgan fingerprint density at radius 3 is 2.44 bits per heavy atom. The summed E-state index contributed by atoms with van der Waals surface area (Å²) in [5, 5.41) is 17.2. The van der Waals surface area contributed by atoms with Gasteiger partial charge in [0.25, 0.3) is 5.69 Å². The third-order valence-electron chi connectivity index (χ3n) is 10.8. The van der Waals surface area contributed by atoms with Crippen molar-refractivity contribution in [3.05, 3.63) is 82.2 Å². The van der Waals surface area contributed by atoms with Crippen LogP contribution in [0.1, 0.15) is 77.8 Å². The minimum absolute atomic E-state index is 0.0540. The first kappa shape index (κ1) is 46.4. The molecule has 0 unspecified atom stereocenters. The van der Waals surface area contributed by atoms with Gasteiger partial charge < -0.3 is 29.7 Å². The van der Waals surface area contributed by atoms with Crippen LogP contribution in [0.4, 0.5) is 19.7 Å². The van der Waals surface area contributed by atoms with E-state index >= 15 is 0 Å². The summed E-state index contributed by atoms with van der Waals surface area (Å²) < 4.78 is 60.1. The maximum Gasteiger partial charge on any atom is 0.410 e. The van der Waals surface area contributed by atoms with Crippen LogP contribution in [0.15, 0.2) is 60.0 Å². The molecule has 2 heterocycles. The molecule has 0 radical (unpaired) electrons. The van der Waals surface area contributed by atoms with Gasteiger partial charge in [0.05, 0.1) is 24.6 Å². The van der Waals surface area contributed by atoms with E-state index in [-0.39, 0.29) is 58.0 Å². The van der Waals surface area contributed by atoms with Crippen molar-refractivity contribution < 1.29 is 55.9 Å². The number of fused-ring (bicyclic) bond motifs is 1. The van der Waals surface area contributed by atoms with Crippen LogP contribution in [0.3, 0.4) is 0 Å². The molecule has 2 N–H and O–H groups in total. The Labute approximate surface area is 353 Å². The number of nitrogens with one attached hydrogen (secondary N) is 2. The van der Waals surface area contributed by atoms with Crippen molar-refractivity contribution in [2.45, 2.75) is 114 Å². The standard InChI is InChI=1S/C41H53FN6O12S/c1-7-10-19-46(61(56,57)34-17-12-11-16-32(34)48(54)55)20-18-31(43-38(52)60-40(4,5)6)36(50)47-24-28(59-39(53)45-23-26-14-13-15-30(42)29(26)25-45)21-33(47)35(49)44-41(22-27(41)8-2)37(51)58-9-3/h7,11-17,27-28,31,33H,1,8-10,18-25H2,2-6H3,(H,43,52)(H,44,49)/t27-,28-,31+,33+,41-/m1/s1. The van der Waals surface area contributed by atoms with E-state index in [1.54, 1.807) is 33.8 Å². The van der Waals surface area contributed by atoms with Crippen molar-refractivity contribution in [3.8, 4) is 0 Å². The zero-order chi connectivity index (χ0) is 44.9. The second kappa shape index (κ2) is 19.0. The summed E-state index contributed by atoms with van der Waals surface area (Å²) >= 11 is 0. The van der Waals surface area contributed by atoms with Crippen molar-refractivity contribution in [2.75, 3.05) is 26.2 Å². The molecule has 2 fully saturated rings. The first-order valence-electron chi connectivity index (χ1n) is 20.1. The van der Waals surface area contributed by atoms with E-state index in [1.807, 2.05) is 6.92 Å². The quantitative estimate of drug-likeness (QED) is 0.0735. The summed E-state index contributed by atoms with van der Waals surface area (Å²) in [6, 6.07) is 6.37. The molecule has 0 spiro atoms. The Morgan fingerprint density at radius 1 is 1.10 bits per heavy atom. The van der Waals surface area contributed by atoms with E-state index in [1.165, 1.54) is 35.2 Å². The molecule has 18 nitrogen and oxygen atoms in total. The highest BCUT2D eigenvalue weighted by Gasteiger charge is 2.62. The van der Waals surface area contributed by atoms with Gasteiger partial charge in [0.1, 0.15) is 35.1 Å². The lowest BCUT2D eigenvalue weighted by atomic mass is 10.1. The number of benzene rings is 2. The van der Waals surface area contributed by atoms with E-state index in [4.69, 9.17) is 14.2 Å². The average Bonchev–Trinajstić information content (AvgIpc) is 3.48. The third kappa shape index (κ3) is 10.6. The summed E-state index contributed by atoms with van der Waals surface area (Å²) in [4.78, 5) is 81.8. The molecule has 2 aromatic carbocycles. The van der Waals surface area contributed by atoms with Gasteiger partial charge in [0, 0.05) is 37.7 Å². The summed E-state index contributed by atoms with van der Waals surface area (Å²) in [5.74, 6) is -3.00. The van der Waals surface area contributed by atoms with Gasteiger partial charge in [-0.2, -0.15) is 4.31 Å². The number of ether oxygens (including phenoxy) is 3. The highest BCUT2D eigenvalue weighted by Crippen LogP contribution is 2.47. The van der Waals surface area contributed by atoms with Crippen LogP contribution >= 0.6 is 0 Å². The van der Waals surface area contributed by atoms with Crippen LogP contribution in [0.2, 0.25) is 0 Å². The van der Waals surface area contributed by atoms with E-state index in [9.17, 15) is 46.9 Å². The first-order valence-corrected chi connectivity index (χ1v) is 21.6. The van der Waals surface area contributed by atoms with E-state index < -0.39 is 104 Å². The highest BCUT2D eigenvalue weighted by molar-refractivity contribution is 7.89. The lowest BCUT2D eigenvalue weighted by Gasteiger charge is -2.31. The lowest BCUT2D eigenvalue weighted by Crippen LogP contribution is -2.57. The van der Waals surface area contributed by atoms with Crippen LogP contribution in [0.25, 0.3) is 0 Å². The number of halogens is 1. The Hall–Kier alpha value is -5.63. The number of hydrogen-bond donors (Lipinski definition) is 2. The SMILES string of the molecule is C=CCCN(CC[C@H](NC(=O)OC(C)(C)C)C(=O)N1C[C@H](OC(=O)N2Cc3cccc(F)c3C2)C[C@H]1C(=O)N[C@]1(C(=O)OCC)C[C@H]1CC)S(=O)(=O)c1ccccc1[N+](=O)[O-]. The van der Waals surface area contributed by atoms with Crippen molar-refractivity contribution in [1.82, 2.24) is 24.7 Å². The lowest BCUT2D eigenvalue weighted by molar-refractivity contribution is -0.387. The minimum atomic E-state index is -4.58. The van der Waals surface area contributed by atoms with Crippen LogP contribution in [0, 0.1) is 21.8 Å². The molecule has 1 saturated carbocycles. The highest BCUT2D eigenvalue weighted by atomic mass is 32.2. The fraction of sp³-hybridized carbons (Fsp3) is 0.537. The third-order valence-corrected chi connectivity index (χ3v) is 12.7. The number of alkyl carbamates (subject to hydrolysis) is 1. The number of nitro groups is 1. The smallest absolute Gasteiger partial charge is 0.410 e. The normalized spacial score (nSPS) is 21.3. The van der Waals surface area contributed by atoms with Gasteiger partial charge in [0.2, 0.25) is 21.8 Å². The predicted molar refractivity (Wildman–Crippen MR) is 216 cm³/mol. The van der Waals surface area contributed by atoms with Gasteiger partial charge in [0.15, 0.2) is 4.90 Å². The molecule has 332 valence electrons. The number of rotatable bonds is 17. The van der Waals surface area contributed by atoms with Crippen LogP contribution < -0.4 is 10.6 Å². The zero-order valence-electron chi connectivity index (χ0n) is 34.9. The van der Waals surface area contributed by atoms with Gasteiger partial charge in [-0.3, -0.25) is 24.6 Å². The van der Waals surface area contributed by atoms with Gasteiger partial charge in [-0.15, -0.1) is 6.58 Å². The summed E-state index contributed by atoms with van der Waals surface area (Å²) in [5.41, 5.74) is -2.12. The molecule has 3 aliphatic rings. The summed E-state index contributed by atoms with van der Waals surface area (Å²) in [6.07, 6.45) is -1.22. The number of nitrogens with zero attached hydrogens (tertiary/aromatic N) is 4. The van der Waals surface area contributed by atoms with Crippen molar-refractivity contribution in [2.24, 2.45) is 5.92 Å². The first-order chi connectivity index (χ1) is 28.8. The van der Waals surface area contributed by atoms with Gasteiger partial charge >= 0.3 is 18.2 Å². The maximum atomic E-state index is 14.8. The Bertz CT molecular complexity index is 2150. The largest absolute Gasteiger partial charge is 0.464 e. The number of amides is 4. The second-order valence-corrected chi connectivity index (χ2v) is 18.1. The number of esters is 1. The topological polar surface area (TPSA) is 224 Å². The van der Waals surface area contributed by atoms with E-state index in [0.29, 0.717) is 17.5 Å². The van der Waals surface area contributed by atoms with Gasteiger partial charge in [-0.05, 0) is 70.6 Å². The van der Waals surface area contributed by atoms with Crippen molar-refractivity contribution in [3.63, 3.8) is 0 Å². The van der Waals surface area contributed by atoms with Crippen molar-refractivity contribution >= 4 is 45.7 Å². The number of nitro benzene ring substituents is 1. The van der Waals surface area contributed by atoms with Gasteiger partial charge in [-0.1, -0.05) is 43.7 Å². The zero-order valence-corrected chi connectivity index (χ0v) is 35.7. The van der Waals surface area contributed by atoms with Crippen LogP contribution in [-0.4, -0.2) is 113 Å². The molecule has 0 aromatic heterocycles. The molecule has 2 aromatic rings. The molecule has 4 amide bonds. The molecule has 20 heteroatoms. The summed E-state index contributed by atoms with van der Waals surface area (Å²) in [7, 11) is -4.58. The molecule has 2 aliphatic heterocycles. The Morgan fingerprint density at radius 2 is 1.82 bits per heavy atom. The molecule has 61 heavy (non-hydrogen) atoms. The number of para-hydroxylation sites is 1. The molecule has 5 atom stereocenters. The average molecular weight is 873 g/mol. The molecule has 5 rings (SSSR count). The second-order valence-electron chi connectivity index (χ2n) is 16.2. The van der Waals surface area contributed by atoms with Crippen LogP contribution in [-0.2, 0) is 51.7 Å². The summed E-state index contributed by atoms with van der Waals surface area (Å²) in [6.45, 7) is 10.9. The fourth-order valence-electron chi connectivity index (χ4n) is 7.67. The van der Waals surface area contributed by atoms with Crippen LogP contribution in [0.5, 0.6) is 0 Å². The fourth-order valence-corrected chi connectivity index (χ4v) is 9.30. The molecular formula is C41H53FN6O12S. The number of carbonyl (C=O) groups excluding carboxylic acids is 5. The molecular weight excluding hydrogens is 820 g/mol. The van der Waals surface area contributed by atoms with E-state index in [0.717, 1.165) is 21.3 Å². The minimum Gasteiger partial charge on any atom is -0.464 e. The van der Waals surface area contributed by atoms with E-state index in [2.05, 4.69) is 17.2 Å². The maximum absolute atomic E-state index is 14.8. The Balaban J connectivity index is 1.46. The molecule has 1 aliphatic carbocycles. The van der Waals surface area contributed by atoms with Gasteiger partial charge in [-0.25, -0.2) is 27.2 Å². The number of hydrogen-bond acceptors (Lipinski definition) is 12. The number of likely N-dealkylation sites (tertiary alicyclic amines) is 1. The van der Waals surface area contributed by atoms with Crippen molar-refractivity contribution in [1.29, 1.82) is 0 Å². The predicted octanol–water partition coefficient (Wildman–Crippen LogP) is 4.55. The monoisotopic (exact) mass is 872 g/mol. The Kier molecular flexibility index (Phi) is 14.4. The number of carbonyl (C=O) groups is 5. The molecule has 0 bridgehead atoms. The number of sulfonamides is 1.